The average molecular weight is 325 g/mol. The minimum absolute atomic E-state index is 0.0719. The van der Waals surface area contributed by atoms with Gasteiger partial charge >= 0.3 is 0 Å². The summed E-state index contributed by atoms with van der Waals surface area (Å²) in [5, 5.41) is 14.5. The summed E-state index contributed by atoms with van der Waals surface area (Å²) in [5.41, 5.74) is 3.07. The molecule has 122 valence electrons. The molecule has 1 aliphatic heterocycles. The number of carbonyl (C=O) groups is 2. The molecule has 2 aromatic rings. The molecule has 0 aliphatic carbocycles. The zero-order valence-corrected chi connectivity index (χ0v) is 12.5. The van der Waals surface area contributed by atoms with E-state index in [2.05, 4.69) is 10.5 Å². The van der Waals surface area contributed by atoms with Gasteiger partial charge in [0.05, 0.1) is 12.2 Å². The summed E-state index contributed by atoms with van der Waals surface area (Å²) in [4.78, 5) is 22.7. The van der Waals surface area contributed by atoms with Crippen molar-refractivity contribution in [3.05, 3.63) is 59.7 Å². The third kappa shape index (κ3) is 3.52. The number of ether oxygens (including phenoxy) is 2. The highest BCUT2D eigenvalue weighted by molar-refractivity contribution is 5.88. The molecule has 0 aromatic heterocycles. The summed E-state index contributed by atoms with van der Waals surface area (Å²) in [6.07, 6.45) is 0.603. The number of hydrogen-bond acceptors (Lipinski definition) is 6. The molecule has 2 aromatic carbocycles. The van der Waals surface area contributed by atoms with Crippen LogP contribution >= 0.6 is 0 Å². The molecule has 0 spiro atoms. The van der Waals surface area contributed by atoms with E-state index >= 15 is 0 Å². The summed E-state index contributed by atoms with van der Waals surface area (Å²) in [5.74, 6) is -0.586. The van der Waals surface area contributed by atoms with Crippen LogP contribution in [0.15, 0.2) is 53.6 Å². The molecule has 1 aliphatic rings. The highest BCUT2D eigenvalue weighted by Crippen LogP contribution is 2.30. The third-order valence-corrected chi connectivity index (χ3v) is 3.34. The van der Waals surface area contributed by atoms with Crippen LogP contribution in [0.2, 0.25) is 0 Å². The van der Waals surface area contributed by atoms with E-state index in [0.29, 0.717) is 17.1 Å². The fourth-order valence-electron chi connectivity index (χ4n) is 2.10. The van der Waals surface area contributed by atoms with E-state index in [1.165, 1.54) is 18.3 Å². The van der Waals surface area contributed by atoms with Crippen molar-refractivity contribution in [1.29, 1.82) is 0 Å². The molecule has 7 heteroatoms. The Morgan fingerprint density at radius 2 is 1.83 bits per heavy atom. The molecule has 0 saturated heterocycles. The standard InChI is InChI=1S/C17H14N2O5/c20-16(15-10-23-13-3-1-2-4-14(13)24-15)19-18-9-11-5-7-12(8-6-11)17(21)22/h1-9,15H,10H2,(H,19,20)(H,21,22)/p-1/b18-9+/t15-/m1/s1. The minimum Gasteiger partial charge on any atom is -0.545 e. The number of carboxylic acids is 1. The average Bonchev–Trinajstić information content (AvgIpc) is 2.61. The second kappa shape index (κ2) is 6.82. The van der Waals surface area contributed by atoms with Gasteiger partial charge in [0.25, 0.3) is 5.91 Å². The summed E-state index contributed by atoms with van der Waals surface area (Å²) >= 11 is 0. The molecule has 3 rings (SSSR count). The Bertz CT molecular complexity index is 786. The fraction of sp³-hybridized carbons (Fsp3) is 0.118. The van der Waals surface area contributed by atoms with Crippen LogP contribution in [0.1, 0.15) is 15.9 Å². The first-order valence-corrected chi connectivity index (χ1v) is 7.16. The maximum atomic E-state index is 12.0. The zero-order valence-electron chi connectivity index (χ0n) is 12.5. The first-order chi connectivity index (χ1) is 11.6. The number of nitrogens with one attached hydrogen (secondary N) is 1. The Kier molecular flexibility index (Phi) is 4.42. The molecule has 1 amide bonds. The molecule has 24 heavy (non-hydrogen) atoms. The number of aromatic carboxylic acids is 1. The van der Waals surface area contributed by atoms with Crippen molar-refractivity contribution in [3.63, 3.8) is 0 Å². The Hall–Kier alpha value is -3.35. The summed E-state index contributed by atoms with van der Waals surface area (Å²) in [6, 6.07) is 13.0. The van der Waals surface area contributed by atoms with Crippen LogP contribution in [-0.4, -0.2) is 30.8 Å². The van der Waals surface area contributed by atoms with Crippen molar-refractivity contribution in [2.24, 2.45) is 5.10 Å². The third-order valence-electron chi connectivity index (χ3n) is 3.34. The first kappa shape index (κ1) is 15.5. The van der Waals surface area contributed by atoms with E-state index in [1.54, 1.807) is 30.3 Å². The number of rotatable bonds is 4. The van der Waals surface area contributed by atoms with Crippen molar-refractivity contribution in [2.75, 3.05) is 6.61 Å². The maximum absolute atomic E-state index is 12.0. The van der Waals surface area contributed by atoms with Gasteiger partial charge in [-0.25, -0.2) is 5.43 Å². The van der Waals surface area contributed by atoms with E-state index in [9.17, 15) is 14.7 Å². The highest BCUT2D eigenvalue weighted by Gasteiger charge is 2.26. The Morgan fingerprint density at radius 1 is 1.12 bits per heavy atom. The van der Waals surface area contributed by atoms with Crippen molar-refractivity contribution in [2.45, 2.75) is 6.10 Å². The second-order valence-electron chi connectivity index (χ2n) is 5.01. The largest absolute Gasteiger partial charge is 0.545 e. The molecular formula is C17H13N2O5-. The topological polar surface area (TPSA) is 100 Å². The van der Waals surface area contributed by atoms with Gasteiger partial charge in [-0.1, -0.05) is 36.4 Å². The van der Waals surface area contributed by atoms with Crippen LogP contribution < -0.4 is 20.0 Å². The van der Waals surface area contributed by atoms with Crippen LogP contribution in [0.5, 0.6) is 11.5 Å². The fourth-order valence-corrected chi connectivity index (χ4v) is 2.10. The van der Waals surface area contributed by atoms with E-state index in [0.717, 1.165) is 0 Å². The highest BCUT2D eigenvalue weighted by atomic mass is 16.6. The second-order valence-corrected chi connectivity index (χ2v) is 5.01. The number of amides is 1. The molecule has 0 unspecified atom stereocenters. The molecule has 7 nitrogen and oxygen atoms in total. The van der Waals surface area contributed by atoms with Gasteiger partial charge in [0, 0.05) is 0 Å². The monoisotopic (exact) mass is 325 g/mol. The number of benzene rings is 2. The lowest BCUT2D eigenvalue weighted by molar-refractivity contribution is -0.255. The lowest BCUT2D eigenvalue weighted by atomic mass is 10.1. The SMILES string of the molecule is O=C([O-])c1ccc(/C=N/NC(=O)[C@H]2COc3ccccc3O2)cc1. The lowest BCUT2D eigenvalue weighted by Gasteiger charge is -2.24. The molecule has 0 bridgehead atoms. The van der Waals surface area contributed by atoms with E-state index < -0.39 is 18.0 Å². The number of para-hydroxylation sites is 2. The normalized spacial score (nSPS) is 15.9. The predicted octanol–water partition coefficient (Wildman–Crippen LogP) is 0.340. The van der Waals surface area contributed by atoms with Gasteiger partial charge in [0.15, 0.2) is 11.5 Å². The summed E-state index contributed by atoms with van der Waals surface area (Å²) in [6.45, 7) is 0.0959. The zero-order chi connectivity index (χ0) is 16.9. The van der Waals surface area contributed by atoms with E-state index in [4.69, 9.17) is 9.47 Å². The van der Waals surface area contributed by atoms with Crippen molar-refractivity contribution < 1.29 is 24.2 Å². The Balaban J connectivity index is 1.57. The quantitative estimate of drug-likeness (QED) is 0.645. The van der Waals surface area contributed by atoms with Crippen LogP contribution in [0.3, 0.4) is 0 Å². The maximum Gasteiger partial charge on any atom is 0.284 e. The van der Waals surface area contributed by atoms with Crippen molar-refractivity contribution in [1.82, 2.24) is 5.43 Å². The molecule has 1 atom stereocenters. The predicted molar refractivity (Wildman–Crippen MR) is 82.9 cm³/mol. The number of nitrogens with zero attached hydrogens (tertiary/aromatic N) is 1. The van der Waals surface area contributed by atoms with Crippen molar-refractivity contribution >= 4 is 18.1 Å². The van der Waals surface area contributed by atoms with Gasteiger partial charge in [0.1, 0.15) is 6.61 Å². The van der Waals surface area contributed by atoms with Crippen LogP contribution in [0.4, 0.5) is 0 Å². The smallest absolute Gasteiger partial charge is 0.284 e. The van der Waals surface area contributed by atoms with Gasteiger partial charge in [0.2, 0.25) is 6.10 Å². The van der Waals surface area contributed by atoms with Crippen LogP contribution in [0, 0.1) is 0 Å². The summed E-state index contributed by atoms with van der Waals surface area (Å²) < 4.78 is 11.0. The minimum atomic E-state index is -1.25. The number of hydrogen-bond donors (Lipinski definition) is 1. The number of fused-ring (bicyclic) bond motifs is 1. The number of carbonyl (C=O) groups excluding carboxylic acids is 2. The first-order valence-electron chi connectivity index (χ1n) is 7.16. The van der Waals surface area contributed by atoms with E-state index in [1.807, 2.05) is 6.07 Å². The molecule has 0 radical (unpaired) electrons. The lowest BCUT2D eigenvalue weighted by Crippen LogP contribution is -2.42. The number of carboxylic acid groups (broad SMARTS) is 1. The van der Waals surface area contributed by atoms with Crippen molar-refractivity contribution in [3.8, 4) is 11.5 Å². The molecular weight excluding hydrogens is 312 g/mol. The van der Waals surface area contributed by atoms with Gasteiger partial charge in [-0.05, 0) is 23.3 Å². The van der Waals surface area contributed by atoms with Gasteiger partial charge < -0.3 is 19.4 Å². The molecule has 0 fully saturated rings. The number of hydrazone groups is 1. The Labute approximate surface area is 137 Å². The van der Waals surface area contributed by atoms with Gasteiger partial charge in [-0.15, -0.1) is 0 Å². The van der Waals surface area contributed by atoms with Gasteiger partial charge in [-0.2, -0.15) is 5.10 Å². The van der Waals surface area contributed by atoms with Crippen LogP contribution in [0.25, 0.3) is 0 Å². The van der Waals surface area contributed by atoms with Crippen LogP contribution in [-0.2, 0) is 4.79 Å². The van der Waals surface area contributed by atoms with Gasteiger partial charge in [-0.3, -0.25) is 4.79 Å². The molecule has 0 saturated carbocycles. The Morgan fingerprint density at radius 3 is 2.54 bits per heavy atom. The summed E-state index contributed by atoms with van der Waals surface area (Å²) in [7, 11) is 0. The molecule has 1 heterocycles. The van der Waals surface area contributed by atoms with E-state index in [-0.39, 0.29) is 12.2 Å². The molecule has 1 N–H and O–H groups in total.